The summed E-state index contributed by atoms with van der Waals surface area (Å²) in [6.45, 7) is 5.95. The van der Waals surface area contributed by atoms with Gasteiger partial charge in [-0.15, -0.1) is 11.8 Å². The second kappa shape index (κ2) is 8.91. The van der Waals surface area contributed by atoms with Crippen LogP contribution in [0.2, 0.25) is 0 Å². The minimum Gasteiger partial charge on any atom is -0.349 e. The number of carbonyl (C=O) groups excluding carboxylic acids is 1. The molecule has 146 valence electrons. The van der Waals surface area contributed by atoms with Gasteiger partial charge in [0, 0.05) is 19.0 Å². The first-order chi connectivity index (χ1) is 12.6. The third-order valence-electron chi connectivity index (χ3n) is 4.24. The zero-order valence-corrected chi connectivity index (χ0v) is 17.9. The van der Waals surface area contributed by atoms with Crippen LogP contribution in [-0.4, -0.2) is 38.5 Å². The van der Waals surface area contributed by atoms with Crippen molar-refractivity contribution >= 4 is 27.7 Å². The van der Waals surface area contributed by atoms with E-state index in [1.807, 2.05) is 20.8 Å². The van der Waals surface area contributed by atoms with Crippen LogP contribution < -0.4 is 5.32 Å². The number of nitrogens with zero attached hydrogens (tertiary/aromatic N) is 1. The Bertz CT molecular complexity index is 907. The quantitative estimate of drug-likeness (QED) is 0.715. The highest BCUT2D eigenvalue weighted by molar-refractivity contribution is 8.00. The summed E-state index contributed by atoms with van der Waals surface area (Å²) in [5.74, 6) is 0.278. The highest BCUT2D eigenvalue weighted by Crippen LogP contribution is 2.24. The minimum atomic E-state index is -3.45. The normalized spacial score (nSPS) is 12.8. The predicted molar refractivity (Wildman–Crippen MR) is 111 cm³/mol. The zero-order chi connectivity index (χ0) is 20.2. The van der Waals surface area contributed by atoms with E-state index < -0.39 is 10.0 Å². The maximum atomic E-state index is 12.3. The van der Waals surface area contributed by atoms with Gasteiger partial charge in [0.25, 0.3) is 0 Å². The molecule has 27 heavy (non-hydrogen) atoms. The Balaban J connectivity index is 1.97. The van der Waals surface area contributed by atoms with Crippen molar-refractivity contribution in [2.75, 3.05) is 19.8 Å². The van der Waals surface area contributed by atoms with Crippen molar-refractivity contribution in [3.63, 3.8) is 0 Å². The van der Waals surface area contributed by atoms with Crippen LogP contribution in [0.1, 0.15) is 29.7 Å². The molecule has 0 saturated carbocycles. The van der Waals surface area contributed by atoms with E-state index in [1.54, 1.807) is 24.3 Å². The van der Waals surface area contributed by atoms with Crippen LogP contribution in [0.4, 0.5) is 0 Å². The topological polar surface area (TPSA) is 66.5 Å². The molecule has 1 amide bonds. The number of hydrogen-bond donors (Lipinski definition) is 1. The molecular formula is C20H26N2O3S2. The van der Waals surface area contributed by atoms with E-state index in [0.717, 1.165) is 16.0 Å². The molecule has 0 aliphatic rings. The van der Waals surface area contributed by atoms with E-state index in [0.29, 0.717) is 5.75 Å². The molecular weight excluding hydrogens is 380 g/mol. The van der Waals surface area contributed by atoms with Crippen molar-refractivity contribution in [2.24, 2.45) is 0 Å². The molecule has 0 fully saturated rings. The van der Waals surface area contributed by atoms with Crippen molar-refractivity contribution in [3.8, 4) is 0 Å². The number of amides is 1. The van der Waals surface area contributed by atoms with E-state index in [2.05, 4.69) is 23.5 Å². The summed E-state index contributed by atoms with van der Waals surface area (Å²) in [4.78, 5) is 13.6. The van der Waals surface area contributed by atoms with E-state index in [9.17, 15) is 13.2 Å². The van der Waals surface area contributed by atoms with Crippen molar-refractivity contribution in [2.45, 2.75) is 36.6 Å². The van der Waals surface area contributed by atoms with Crippen LogP contribution in [0.15, 0.2) is 52.3 Å². The molecule has 0 aromatic heterocycles. The van der Waals surface area contributed by atoms with E-state index >= 15 is 0 Å². The Hall–Kier alpha value is -1.83. The van der Waals surface area contributed by atoms with Crippen LogP contribution in [0.25, 0.3) is 0 Å². The number of thioether (sulfide) groups is 1. The monoisotopic (exact) mass is 406 g/mol. The molecule has 1 unspecified atom stereocenters. The van der Waals surface area contributed by atoms with Crippen molar-refractivity contribution in [3.05, 3.63) is 59.2 Å². The third-order valence-corrected chi connectivity index (χ3v) is 7.23. The van der Waals surface area contributed by atoms with Crippen LogP contribution in [-0.2, 0) is 14.8 Å². The number of benzene rings is 2. The first-order valence-electron chi connectivity index (χ1n) is 8.63. The van der Waals surface area contributed by atoms with Gasteiger partial charge in [0.1, 0.15) is 0 Å². The standard InChI is InChI=1S/C20H26N2O3S2/c1-14-6-7-15(2)19(12-14)26-13-20(23)21-16(3)17-8-10-18(11-9-17)27(24,25)22(4)5/h6-12,16H,13H2,1-5H3,(H,21,23). The molecule has 0 bridgehead atoms. The fourth-order valence-corrected chi connectivity index (χ4v) is 4.35. The lowest BCUT2D eigenvalue weighted by molar-refractivity contribution is -0.119. The predicted octanol–water partition coefficient (Wildman–Crippen LogP) is 3.52. The van der Waals surface area contributed by atoms with Gasteiger partial charge in [-0.25, -0.2) is 12.7 Å². The SMILES string of the molecule is Cc1ccc(C)c(SCC(=O)NC(C)c2ccc(S(=O)(=O)N(C)C)cc2)c1. The number of carbonyl (C=O) groups is 1. The summed E-state index contributed by atoms with van der Waals surface area (Å²) in [6.07, 6.45) is 0. The molecule has 1 atom stereocenters. The lowest BCUT2D eigenvalue weighted by Gasteiger charge is -2.16. The molecule has 0 aliphatic carbocycles. The van der Waals surface area contributed by atoms with Gasteiger partial charge in [0.2, 0.25) is 15.9 Å². The molecule has 2 rings (SSSR count). The molecule has 0 spiro atoms. The summed E-state index contributed by atoms with van der Waals surface area (Å²) >= 11 is 1.52. The molecule has 2 aromatic carbocycles. The Morgan fingerprint density at radius 3 is 2.33 bits per heavy atom. The summed E-state index contributed by atoms with van der Waals surface area (Å²) in [5, 5.41) is 2.96. The van der Waals surface area contributed by atoms with Crippen LogP contribution in [0.3, 0.4) is 0 Å². The lowest BCUT2D eigenvalue weighted by atomic mass is 10.1. The highest BCUT2D eigenvalue weighted by atomic mass is 32.2. The van der Waals surface area contributed by atoms with Gasteiger partial charge in [-0.2, -0.15) is 0 Å². The molecule has 0 radical (unpaired) electrons. The van der Waals surface area contributed by atoms with Gasteiger partial charge < -0.3 is 5.32 Å². The first kappa shape index (κ1) is 21.5. The average Bonchev–Trinajstić information content (AvgIpc) is 2.62. The van der Waals surface area contributed by atoms with E-state index in [1.165, 1.54) is 35.7 Å². The van der Waals surface area contributed by atoms with E-state index in [-0.39, 0.29) is 16.8 Å². The van der Waals surface area contributed by atoms with Gasteiger partial charge >= 0.3 is 0 Å². The molecule has 0 saturated heterocycles. The number of hydrogen-bond acceptors (Lipinski definition) is 4. The molecule has 2 aromatic rings. The van der Waals surface area contributed by atoms with Gasteiger partial charge in [-0.1, -0.05) is 29.8 Å². The lowest BCUT2D eigenvalue weighted by Crippen LogP contribution is -2.28. The van der Waals surface area contributed by atoms with Gasteiger partial charge in [-0.05, 0) is 50.1 Å². The Morgan fingerprint density at radius 2 is 1.74 bits per heavy atom. The number of sulfonamides is 1. The molecule has 0 heterocycles. The van der Waals surface area contributed by atoms with Crippen molar-refractivity contribution in [1.29, 1.82) is 0 Å². The molecule has 1 N–H and O–H groups in total. The first-order valence-corrected chi connectivity index (χ1v) is 11.1. The van der Waals surface area contributed by atoms with Crippen molar-refractivity contribution in [1.82, 2.24) is 9.62 Å². The minimum absolute atomic E-state index is 0.0570. The van der Waals surface area contributed by atoms with Crippen LogP contribution >= 0.6 is 11.8 Å². The van der Waals surface area contributed by atoms with E-state index in [4.69, 9.17) is 0 Å². The summed E-state index contributed by atoms with van der Waals surface area (Å²) in [5.41, 5.74) is 3.19. The smallest absolute Gasteiger partial charge is 0.242 e. The van der Waals surface area contributed by atoms with Crippen molar-refractivity contribution < 1.29 is 13.2 Å². The average molecular weight is 407 g/mol. The van der Waals surface area contributed by atoms with Crippen LogP contribution in [0, 0.1) is 13.8 Å². The molecule has 7 heteroatoms. The fraction of sp³-hybridized carbons (Fsp3) is 0.350. The second-order valence-electron chi connectivity index (χ2n) is 6.70. The Labute approximate surface area is 166 Å². The molecule has 5 nitrogen and oxygen atoms in total. The van der Waals surface area contributed by atoms with Gasteiger partial charge in [0.15, 0.2) is 0 Å². The maximum absolute atomic E-state index is 12.3. The molecule has 0 aliphatic heterocycles. The highest BCUT2D eigenvalue weighted by Gasteiger charge is 2.18. The number of nitrogens with one attached hydrogen (secondary N) is 1. The number of aryl methyl sites for hydroxylation is 2. The largest absolute Gasteiger partial charge is 0.349 e. The second-order valence-corrected chi connectivity index (χ2v) is 9.87. The Kier molecular flexibility index (Phi) is 7.08. The van der Waals surface area contributed by atoms with Gasteiger partial charge in [0.05, 0.1) is 16.7 Å². The van der Waals surface area contributed by atoms with Crippen LogP contribution in [0.5, 0.6) is 0 Å². The Morgan fingerprint density at radius 1 is 1.11 bits per heavy atom. The summed E-state index contributed by atoms with van der Waals surface area (Å²) in [6, 6.07) is 12.6. The summed E-state index contributed by atoms with van der Waals surface area (Å²) in [7, 11) is -0.447. The maximum Gasteiger partial charge on any atom is 0.242 e. The third kappa shape index (κ3) is 5.57. The zero-order valence-electron chi connectivity index (χ0n) is 16.3. The number of rotatable bonds is 7. The summed E-state index contributed by atoms with van der Waals surface area (Å²) < 4.78 is 25.4. The van der Waals surface area contributed by atoms with Gasteiger partial charge in [-0.3, -0.25) is 4.79 Å². The fourth-order valence-electron chi connectivity index (χ4n) is 2.51.